The molecule has 1 aliphatic heterocycles. The number of nitrogens with zero attached hydrogens (tertiary/aromatic N) is 5. The Morgan fingerprint density at radius 3 is 2.51 bits per heavy atom. The molecule has 6 rings (SSSR count). The number of benzene rings is 2. The van der Waals surface area contributed by atoms with Gasteiger partial charge in [0.05, 0.1) is 22.9 Å². The van der Waals surface area contributed by atoms with Crippen LogP contribution in [0.2, 0.25) is 0 Å². The lowest BCUT2D eigenvalue weighted by Crippen LogP contribution is -2.45. The zero-order valence-electron chi connectivity index (χ0n) is 23.6. The second kappa shape index (κ2) is 11.6. The molecule has 1 saturated heterocycles. The van der Waals surface area contributed by atoms with Crippen LogP contribution in [0, 0.1) is 17.2 Å². The van der Waals surface area contributed by atoms with Crippen LogP contribution in [0.4, 0.5) is 0 Å². The minimum atomic E-state index is -0.690. The maximum atomic E-state index is 14.3. The molecule has 2 aliphatic rings. The average Bonchev–Trinajstić information content (AvgIpc) is 3.50. The molecule has 0 atom stereocenters. The van der Waals surface area contributed by atoms with Crippen molar-refractivity contribution in [1.82, 2.24) is 19.2 Å². The zero-order chi connectivity index (χ0) is 28.4. The first-order chi connectivity index (χ1) is 20.0. The van der Waals surface area contributed by atoms with E-state index in [4.69, 9.17) is 4.74 Å². The Hall–Kier alpha value is -3.80. The van der Waals surface area contributed by atoms with E-state index in [0.29, 0.717) is 43.8 Å². The van der Waals surface area contributed by atoms with Crippen molar-refractivity contribution in [1.29, 1.82) is 5.26 Å². The minimum Gasteiger partial charge on any atom is -0.390 e. The third-order valence-electron chi connectivity index (χ3n) is 9.17. The number of rotatable bonds is 7. The molecule has 3 heterocycles. The molecule has 0 spiro atoms. The molecule has 4 aromatic rings. The molecule has 41 heavy (non-hydrogen) atoms. The molecular formula is C33H37N5O3. The van der Waals surface area contributed by atoms with E-state index >= 15 is 0 Å². The number of nitriles is 1. The van der Waals surface area contributed by atoms with Crippen molar-refractivity contribution in [2.75, 3.05) is 13.2 Å². The Bertz CT molecular complexity index is 1620. The molecule has 8 heteroatoms. The lowest BCUT2D eigenvalue weighted by atomic mass is 9.71. The van der Waals surface area contributed by atoms with Crippen molar-refractivity contribution in [2.45, 2.75) is 76.4 Å². The van der Waals surface area contributed by atoms with Gasteiger partial charge in [-0.05, 0) is 73.6 Å². The van der Waals surface area contributed by atoms with Crippen molar-refractivity contribution in [3.05, 3.63) is 87.6 Å². The number of aryl methyl sites for hydroxylation is 1. The van der Waals surface area contributed by atoms with E-state index in [1.165, 1.54) is 6.33 Å². The maximum absolute atomic E-state index is 14.3. The summed E-state index contributed by atoms with van der Waals surface area (Å²) in [5.41, 5.74) is 4.51. The van der Waals surface area contributed by atoms with E-state index in [1.807, 2.05) is 57.6 Å². The Morgan fingerprint density at radius 1 is 1.07 bits per heavy atom. The summed E-state index contributed by atoms with van der Waals surface area (Å²) in [6, 6.07) is 18.0. The van der Waals surface area contributed by atoms with Crippen LogP contribution in [0.3, 0.4) is 0 Å². The number of aliphatic hydroxyl groups is 1. The molecular weight excluding hydrogens is 514 g/mol. The topological polar surface area (TPSA) is 105 Å². The Balaban J connectivity index is 1.33. The quantitative estimate of drug-likeness (QED) is 0.337. The molecule has 2 aromatic heterocycles. The van der Waals surface area contributed by atoms with Crippen LogP contribution in [0.25, 0.3) is 16.9 Å². The summed E-state index contributed by atoms with van der Waals surface area (Å²) in [4.78, 5) is 18.8. The fourth-order valence-electron chi connectivity index (χ4n) is 6.92. The predicted octanol–water partition coefficient (Wildman–Crippen LogP) is 5.25. The van der Waals surface area contributed by atoms with Crippen molar-refractivity contribution in [2.24, 2.45) is 5.92 Å². The molecule has 2 aromatic carbocycles. The Morgan fingerprint density at radius 2 is 1.80 bits per heavy atom. The lowest BCUT2D eigenvalue weighted by Gasteiger charge is -2.43. The summed E-state index contributed by atoms with van der Waals surface area (Å²) in [6.07, 6.45) is 8.24. The first-order valence-electron chi connectivity index (χ1n) is 14.9. The van der Waals surface area contributed by atoms with Gasteiger partial charge in [-0.1, -0.05) is 55.8 Å². The molecule has 0 bridgehead atoms. The fraction of sp³-hybridized carbons (Fsp3) is 0.455. The summed E-state index contributed by atoms with van der Waals surface area (Å²) in [7, 11) is 0. The molecule has 2 fully saturated rings. The summed E-state index contributed by atoms with van der Waals surface area (Å²) < 4.78 is 9.23. The molecule has 0 radical (unpaired) electrons. The van der Waals surface area contributed by atoms with Crippen LogP contribution >= 0.6 is 0 Å². The normalized spacial score (nSPS) is 21.6. The first kappa shape index (κ1) is 27.4. The summed E-state index contributed by atoms with van der Waals surface area (Å²) in [5, 5.41) is 25.6. The summed E-state index contributed by atoms with van der Waals surface area (Å²) in [5.74, 6) is 0.847. The Kier molecular flexibility index (Phi) is 7.74. The van der Waals surface area contributed by atoms with Crippen molar-refractivity contribution in [3.63, 3.8) is 0 Å². The van der Waals surface area contributed by atoms with E-state index < -0.39 is 5.60 Å². The number of hydrogen-bond acceptors (Lipinski definition) is 6. The van der Waals surface area contributed by atoms with Crippen LogP contribution in [0.15, 0.2) is 59.7 Å². The van der Waals surface area contributed by atoms with Crippen molar-refractivity contribution in [3.8, 4) is 17.2 Å². The molecule has 1 saturated carbocycles. The number of hydrogen-bond donors (Lipinski definition) is 1. The van der Waals surface area contributed by atoms with Gasteiger partial charge in [0.25, 0.3) is 5.56 Å². The Labute approximate surface area is 240 Å². The van der Waals surface area contributed by atoms with Gasteiger partial charge in [-0.2, -0.15) is 15.3 Å². The zero-order valence-corrected chi connectivity index (χ0v) is 23.6. The monoisotopic (exact) mass is 551 g/mol. The van der Waals surface area contributed by atoms with E-state index in [9.17, 15) is 15.2 Å². The van der Waals surface area contributed by atoms with Gasteiger partial charge in [0.15, 0.2) is 0 Å². The van der Waals surface area contributed by atoms with Crippen LogP contribution in [0.1, 0.15) is 80.3 Å². The van der Waals surface area contributed by atoms with E-state index in [2.05, 4.69) is 23.1 Å². The van der Waals surface area contributed by atoms with Gasteiger partial charge in [0.2, 0.25) is 5.78 Å². The van der Waals surface area contributed by atoms with Crippen LogP contribution in [-0.2, 0) is 17.6 Å². The smallest absolute Gasteiger partial charge is 0.259 e. The van der Waals surface area contributed by atoms with Gasteiger partial charge in [0, 0.05) is 31.2 Å². The molecule has 1 N–H and O–H groups in total. The van der Waals surface area contributed by atoms with Crippen molar-refractivity contribution >= 4 is 5.78 Å². The highest BCUT2D eigenvalue weighted by Crippen LogP contribution is 2.42. The average molecular weight is 552 g/mol. The minimum absolute atomic E-state index is 0.00522. The van der Waals surface area contributed by atoms with Crippen LogP contribution < -0.4 is 5.56 Å². The van der Waals surface area contributed by atoms with Gasteiger partial charge in [-0.25, -0.2) is 4.52 Å². The van der Waals surface area contributed by atoms with Gasteiger partial charge >= 0.3 is 0 Å². The standard InChI is InChI=1S/C33H37N5O3/c1-2-5-30-29(20-23-8-10-24(11-9-23)28-7-4-3-6-25(28)21-34)31(39)37(32-35-22-36-38(30)32)27-12-16-33(40,17-13-27)26-14-18-41-19-15-26/h3-4,6-11,22,26-27,40H,2,5,12-20H2,1H3. The van der Waals surface area contributed by atoms with Gasteiger partial charge < -0.3 is 9.84 Å². The van der Waals surface area contributed by atoms with E-state index in [0.717, 1.165) is 66.5 Å². The third-order valence-corrected chi connectivity index (χ3v) is 9.17. The first-order valence-corrected chi connectivity index (χ1v) is 14.9. The van der Waals surface area contributed by atoms with Crippen LogP contribution in [0.5, 0.6) is 0 Å². The molecule has 0 amide bonds. The molecule has 8 nitrogen and oxygen atoms in total. The van der Waals surface area contributed by atoms with Gasteiger partial charge in [0.1, 0.15) is 6.33 Å². The maximum Gasteiger partial charge on any atom is 0.259 e. The second-order valence-corrected chi connectivity index (χ2v) is 11.6. The molecule has 212 valence electrons. The largest absolute Gasteiger partial charge is 0.390 e. The SMILES string of the molecule is CCCc1c(Cc2ccc(-c3ccccc3C#N)cc2)c(=O)n(C2CCC(O)(C3CCOCC3)CC2)c2ncnn12. The summed E-state index contributed by atoms with van der Waals surface area (Å²) >= 11 is 0. The fourth-order valence-corrected chi connectivity index (χ4v) is 6.92. The van der Waals surface area contributed by atoms with Crippen molar-refractivity contribution < 1.29 is 9.84 Å². The summed E-state index contributed by atoms with van der Waals surface area (Å²) in [6.45, 7) is 3.53. The lowest BCUT2D eigenvalue weighted by molar-refractivity contribution is -0.0921. The van der Waals surface area contributed by atoms with E-state index in [1.54, 1.807) is 0 Å². The van der Waals surface area contributed by atoms with Gasteiger partial charge in [-0.15, -0.1) is 0 Å². The number of ether oxygens (including phenoxy) is 1. The van der Waals surface area contributed by atoms with Crippen LogP contribution in [-0.4, -0.2) is 43.1 Å². The molecule has 0 unspecified atom stereocenters. The van der Waals surface area contributed by atoms with E-state index in [-0.39, 0.29) is 17.5 Å². The highest BCUT2D eigenvalue weighted by atomic mass is 16.5. The highest BCUT2D eigenvalue weighted by Gasteiger charge is 2.41. The number of aromatic nitrogens is 4. The third kappa shape index (κ3) is 5.20. The van der Waals surface area contributed by atoms with Gasteiger partial charge in [-0.3, -0.25) is 9.36 Å². The second-order valence-electron chi connectivity index (χ2n) is 11.6. The number of fused-ring (bicyclic) bond motifs is 1. The predicted molar refractivity (Wildman–Crippen MR) is 157 cm³/mol. The highest BCUT2D eigenvalue weighted by molar-refractivity contribution is 5.70. The molecule has 1 aliphatic carbocycles.